The lowest BCUT2D eigenvalue weighted by atomic mass is 10.0. The first kappa shape index (κ1) is 25.3. The summed E-state index contributed by atoms with van der Waals surface area (Å²) in [5.74, 6) is -0.601. The Kier molecular flexibility index (Phi) is 15.0. The van der Waals surface area contributed by atoms with Crippen molar-refractivity contribution in [3.8, 4) is 0 Å². The Morgan fingerprint density at radius 3 is 1.69 bits per heavy atom. The molecule has 2 atom stereocenters. The van der Waals surface area contributed by atoms with Crippen LogP contribution in [0.4, 0.5) is 0 Å². The summed E-state index contributed by atoms with van der Waals surface area (Å²) < 4.78 is 36.9. The SMILES string of the molecule is CCCCCCCCC(CCCCCCCC(O)C(=O)OC)S(=O)(=O)O. The van der Waals surface area contributed by atoms with Crippen molar-refractivity contribution in [2.75, 3.05) is 7.11 Å². The summed E-state index contributed by atoms with van der Waals surface area (Å²) >= 11 is 0. The maximum absolute atomic E-state index is 11.5. The molecule has 0 aromatic carbocycles. The van der Waals surface area contributed by atoms with Crippen LogP contribution < -0.4 is 0 Å². The van der Waals surface area contributed by atoms with E-state index < -0.39 is 27.4 Å². The highest BCUT2D eigenvalue weighted by Crippen LogP contribution is 2.19. The van der Waals surface area contributed by atoms with Crippen LogP contribution in [0.3, 0.4) is 0 Å². The Morgan fingerprint density at radius 1 is 0.846 bits per heavy atom. The third-order valence-electron chi connectivity index (χ3n) is 4.78. The first-order valence-electron chi connectivity index (χ1n) is 10.0. The van der Waals surface area contributed by atoms with Crippen molar-refractivity contribution < 1.29 is 27.6 Å². The Labute approximate surface area is 159 Å². The van der Waals surface area contributed by atoms with Crippen LogP contribution in [0.25, 0.3) is 0 Å². The van der Waals surface area contributed by atoms with Gasteiger partial charge in [0, 0.05) is 0 Å². The average molecular weight is 395 g/mol. The Balaban J connectivity index is 3.83. The minimum absolute atomic E-state index is 0.387. The molecule has 2 unspecified atom stereocenters. The molecule has 0 radical (unpaired) electrons. The molecule has 0 spiro atoms. The highest BCUT2D eigenvalue weighted by Gasteiger charge is 2.21. The topological polar surface area (TPSA) is 101 Å². The van der Waals surface area contributed by atoms with Crippen molar-refractivity contribution in [3.63, 3.8) is 0 Å². The van der Waals surface area contributed by atoms with Crippen LogP contribution in [-0.4, -0.2) is 42.5 Å². The molecule has 0 aliphatic carbocycles. The average Bonchev–Trinajstić information content (AvgIpc) is 2.59. The van der Waals surface area contributed by atoms with E-state index in [9.17, 15) is 22.9 Å². The summed E-state index contributed by atoms with van der Waals surface area (Å²) in [6.07, 6.45) is 11.1. The highest BCUT2D eigenvalue weighted by molar-refractivity contribution is 7.86. The number of hydrogen-bond acceptors (Lipinski definition) is 5. The molecule has 0 saturated heterocycles. The molecule has 0 amide bonds. The van der Waals surface area contributed by atoms with Gasteiger partial charge in [0.15, 0.2) is 6.10 Å². The molecule has 0 aromatic heterocycles. The number of esters is 1. The summed E-state index contributed by atoms with van der Waals surface area (Å²) in [6.45, 7) is 2.16. The van der Waals surface area contributed by atoms with Gasteiger partial charge in [-0.05, 0) is 19.3 Å². The van der Waals surface area contributed by atoms with Gasteiger partial charge >= 0.3 is 5.97 Å². The second kappa shape index (κ2) is 15.4. The predicted octanol–water partition coefficient (Wildman–Crippen LogP) is 4.26. The number of ether oxygens (including phenoxy) is 1. The minimum Gasteiger partial charge on any atom is -0.467 e. The second-order valence-electron chi connectivity index (χ2n) is 7.08. The van der Waals surface area contributed by atoms with E-state index in [1.54, 1.807) is 0 Å². The molecule has 0 fully saturated rings. The number of aliphatic hydroxyl groups excluding tert-OH is 1. The normalized spacial score (nSPS) is 14.2. The van der Waals surface area contributed by atoms with Crippen molar-refractivity contribution in [1.29, 1.82) is 0 Å². The van der Waals surface area contributed by atoms with Crippen LogP contribution in [0.1, 0.15) is 96.8 Å². The highest BCUT2D eigenvalue weighted by atomic mass is 32.2. The molecular formula is C19H38O6S. The van der Waals surface area contributed by atoms with Crippen molar-refractivity contribution >= 4 is 16.1 Å². The van der Waals surface area contributed by atoms with Gasteiger partial charge < -0.3 is 9.84 Å². The van der Waals surface area contributed by atoms with E-state index in [1.165, 1.54) is 26.4 Å². The van der Waals surface area contributed by atoms with Gasteiger partial charge in [0.2, 0.25) is 0 Å². The molecule has 7 heteroatoms. The molecule has 0 aliphatic heterocycles. The van der Waals surface area contributed by atoms with Crippen LogP contribution in [0.2, 0.25) is 0 Å². The third kappa shape index (κ3) is 13.5. The van der Waals surface area contributed by atoms with Crippen LogP contribution in [-0.2, 0) is 19.6 Å². The van der Waals surface area contributed by atoms with Gasteiger partial charge in [0.25, 0.3) is 10.1 Å². The van der Waals surface area contributed by atoms with Gasteiger partial charge in [-0.25, -0.2) is 4.79 Å². The summed E-state index contributed by atoms with van der Waals surface area (Å²) in [7, 11) is -2.72. The van der Waals surface area contributed by atoms with Gasteiger partial charge in [0.05, 0.1) is 12.4 Å². The summed E-state index contributed by atoms with van der Waals surface area (Å²) in [6, 6.07) is 0. The number of rotatable bonds is 17. The summed E-state index contributed by atoms with van der Waals surface area (Å²) in [5.41, 5.74) is 0. The lowest BCUT2D eigenvalue weighted by Gasteiger charge is -2.14. The first-order valence-corrected chi connectivity index (χ1v) is 11.6. The lowest BCUT2D eigenvalue weighted by Crippen LogP contribution is -2.21. The molecule has 6 nitrogen and oxygen atoms in total. The Morgan fingerprint density at radius 2 is 1.27 bits per heavy atom. The quantitative estimate of drug-likeness (QED) is 0.217. The van der Waals surface area contributed by atoms with Gasteiger partial charge in [-0.1, -0.05) is 77.6 Å². The van der Waals surface area contributed by atoms with Crippen LogP contribution in [0, 0.1) is 0 Å². The first-order chi connectivity index (χ1) is 12.3. The number of hydrogen-bond donors (Lipinski definition) is 2. The largest absolute Gasteiger partial charge is 0.467 e. The fourth-order valence-electron chi connectivity index (χ4n) is 3.09. The summed E-state index contributed by atoms with van der Waals surface area (Å²) in [4.78, 5) is 11.1. The van der Waals surface area contributed by atoms with E-state index in [4.69, 9.17) is 0 Å². The van der Waals surface area contributed by atoms with E-state index in [0.29, 0.717) is 19.3 Å². The molecule has 0 aromatic rings. The Bertz CT molecular complexity index is 449. The minimum atomic E-state index is -3.97. The molecule has 0 heterocycles. The van der Waals surface area contributed by atoms with Crippen LogP contribution in [0.15, 0.2) is 0 Å². The maximum atomic E-state index is 11.5. The van der Waals surface area contributed by atoms with E-state index in [0.717, 1.165) is 51.4 Å². The van der Waals surface area contributed by atoms with Gasteiger partial charge in [-0.3, -0.25) is 4.55 Å². The lowest BCUT2D eigenvalue weighted by molar-refractivity contribution is -0.150. The third-order valence-corrected chi connectivity index (χ3v) is 6.09. The van der Waals surface area contributed by atoms with Crippen LogP contribution >= 0.6 is 0 Å². The number of carbonyl (C=O) groups is 1. The molecule has 156 valence electrons. The van der Waals surface area contributed by atoms with E-state index in [2.05, 4.69) is 11.7 Å². The zero-order valence-electron chi connectivity index (χ0n) is 16.5. The fourth-order valence-corrected chi connectivity index (χ4v) is 4.02. The molecule has 2 N–H and O–H groups in total. The van der Waals surface area contributed by atoms with Gasteiger partial charge in [0.1, 0.15) is 0 Å². The van der Waals surface area contributed by atoms with Crippen molar-refractivity contribution in [2.45, 2.75) is 108 Å². The zero-order chi connectivity index (χ0) is 19.8. The Hall–Kier alpha value is -0.660. The monoisotopic (exact) mass is 394 g/mol. The standard InChI is InChI=1S/C19H38O6S/c1-3-4-5-6-8-11-14-17(26(22,23)24)15-12-9-7-10-13-16-18(20)19(21)25-2/h17-18,20H,3-16H2,1-2H3,(H,22,23,24). The van der Waals surface area contributed by atoms with Crippen LogP contribution in [0.5, 0.6) is 0 Å². The zero-order valence-corrected chi connectivity index (χ0v) is 17.3. The molecule has 0 aliphatic rings. The maximum Gasteiger partial charge on any atom is 0.334 e. The van der Waals surface area contributed by atoms with E-state index in [-0.39, 0.29) is 0 Å². The summed E-state index contributed by atoms with van der Waals surface area (Å²) in [5, 5.41) is 8.82. The van der Waals surface area contributed by atoms with Crippen molar-refractivity contribution in [3.05, 3.63) is 0 Å². The molecule has 0 bridgehead atoms. The fraction of sp³-hybridized carbons (Fsp3) is 0.947. The number of carbonyl (C=O) groups excluding carboxylic acids is 1. The van der Waals surface area contributed by atoms with Gasteiger partial charge in [-0.15, -0.1) is 0 Å². The second-order valence-corrected chi connectivity index (χ2v) is 8.77. The van der Waals surface area contributed by atoms with Crippen molar-refractivity contribution in [1.82, 2.24) is 0 Å². The number of aliphatic hydroxyl groups is 1. The molecule has 0 rings (SSSR count). The van der Waals surface area contributed by atoms with E-state index in [1.807, 2.05) is 0 Å². The van der Waals surface area contributed by atoms with Gasteiger partial charge in [-0.2, -0.15) is 8.42 Å². The molecular weight excluding hydrogens is 356 g/mol. The number of unbranched alkanes of at least 4 members (excludes halogenated alkanes) is 9. The van der Waals surface area contributed by atoms with E-state index >= 15 is 0 Å². The molecule has 0 saturated carbocycles. The number of methoxy groups -OCH3 is 1. The predicted molar refractivity (Wildman–Crippen MR) is 104 cm³/mol. The smallest absolute Gasteiger partial charge is 0.334 e. The molecule has 26 heavy (non-hydrogen) atoms. The van der Waals surface area contributed by atoms with Crippen molar-refractivity contribution in [2.24, 2.45) is 0 Å².